The van der Waals surface area contributed by atoms with Crippen LogP contribution in [-0.2, 0) is 6.54 Å². The van der Waals surface area contributed by atoms with Crippen LogP contribution in [0.1, 0.15) is 62.6 Å². The van der Waals surface area contributed by atoms with Gasteiger partial charge in [0.05, 0.1) is 12.6 Å². The van der Waals surface area contributed by atoms with Crippen LogP contribution in [0, 0.1) is 0 Å². The Labute approximate surface area is 166 Å². The van der Waals surface area contributed by atoms with Crippen molar-refractivity contribution in [1.29, 1.82) is 0 Å². The molecule has 148 valence electrons. The Balaban J connectivity index is 1.80. The van der Waals surface area contributed by atoms with E-state index in [1.54, 1.807) is 0 Å². The number of nitrogens with zero attached hydrogens (tertiary/aromatic N) is 4. The van der Waals surface area contributed by atoms with Crippen molar-refractivity contribution in [3.05, 3.63) is 47.8 Å². The Hall–Kier alpha value is -2.76. The van der Waals surface area contributed by atoms with Gasteiger partial charge in [0.2, 0.25) is 5.95 Å². The van der Waals surface area contributed by atoms with Gasteiger partial charge < -0.3 is 5.32 Å². The SMILES string of the molecule is CCCCCn1c(NCC(=O)c2ccccc2)nnc1C1=CC(C)=NC1CC. The minimum atomic E-state index is 0.0379. The predicted octanol–water partition coefficient (Wildman–Crippen LogP) is 4.40. The second-order valence-corrected chi connectivity index (χ2v) is 7.14. The number of nitrogens with one attached hydrogen (secondary N) is 1. The lowest BCUT2D eigenvalue weighted by Crippen LogP contribution is -2.18. The highest BCUT2D eigenvalue weighted by Gasteiger charge is 2.25. The average molecular weight is 380 g/mol. The maximum atomic E-state index is 12.4. The summed E-state index contributed by atoms with van der Waals surface area (Å²) in [7, 11) is 0. The van der Waals surface area contributed by atoms with Crippen molar-refractivity contribution in [1.82, 2.24) is 14.8 Å². The molecule has 1 aromatic heterocycles. The van der Waals surface area contributed by atoms with Crippen LogP contribution in [0.15, 0.2) is 41.4 Å². The largest absolute Gasteiger partial charge is 0.347 e. The van der Waals surface area contributed by atoms with Gasteiger partial charge in [-0.25, -0.2) is 0 Å². The Bertz CT molecular complexity index is 866. The van der Waals surface area contributed by atoms with Crippen LogP contribution in [0.2, 0.25) is 0 Å². The topological polar surface area (TPSA) is 72.2 Å². The first-order chi connectivity index (χ1) is 13.6. The number of rotatable bonds is 10. The molecular formula is C22H29N5O. The summed E-state index contributed by atoms with van der Waals surface area (Å²) < 4.78 is 2.11. The van der Waals surface area contributed by atoms with E-state index in [1.165, 1.54) is 0 Å². The summed E-state index contributed by atoms with van der Waals surface area (Å²) >= 11 is 0. The van der Waals surface area contributed by atoms with Gasteiger partial charge in [-0.05, 0) is 25.8 Å². The van der Waals surface area contributed by atoms with E-state index in [0.29, 0.717) is 11.5 Å². The number of carbonyl (C=O) groups excluding carboxylic acids is 1. The molecule has 1 aliphatic heterocycles. The third kappa shape index (κ3) is 4.55. The van der Waals surface area contributed by atoms with Gasteiger partial charge >= 0.3 is 0 Å². The number of benzene rings is 1. The summed E-state index contributed by atoms with van der Waals surface area (Å²) in [4.78, 5) is 17.1. The molecule has 0 bridgehead atoms. The summed E-state index contributed by atoms with van der Waals surface area (Å²) in [6.07, 6.45) is 6.38. The predicted molar refractivity (Wildman–Crippen MR) is 114 cm³/mol. The molecule has 0 fully saturated rings. The number of hydrogen-bond acceptors (Lipinski definition) is 5. The zero-order chi connectivity index (χ0) is 19.9. The lowest BCUT2D eigenvalue weighted by atomic mass is 10.1. The highest BCUT2D eigenvalue weighted by atomic mass is 16.1. The third-order valence-corrected chi connectivity index (χ3v) is 4.97. The first-order valence-corrected chi connectivity index (χ1v) is 10.2. The van der Waals surface area contributed by atoms with E-state index in [9.17, 15) is 4.79 Å². The zero-order valence-corrected chi connectivity index (χ0v) is 17.0. The van der Waals surface area contributed by atoms with Gasteiger partial charge in [-0.3, -0.25) is 14.4 Å². The van der Waals surface area contributed by atoms with Gasteiger partial charge in [-0.1, -0.05) is 57.0 Å². The Morgan fingerprint density at radius 3 is 2.64 bits per heavy atom. The van der Waals surface area contributed by atoms with Crippen LogP contribution in [0.3, 0.4) is 0 Å². The van der Waals surface area contributed by atoms with Crippen molar-refractivity contribution in [2.75, 3.05) is 11.9 Å². The van der Waals surface area contributed by atoms with Crippen molar-refractivity contribution in [3.8, 4) is 0 Å². The number of aliphatic imine (C=N–C) groups is 1. The number of carbonyl (C=O) groups is 1. The van der Waals surface area contributed by atoms with Gasteiger partial charge in [0.1, 0.15) is 0 Å². The van der Waals surface area contributed by atoms with Crippen LogP contribution >= 0.6 is 0 Å². The molecule has 6 heteroatoms. The van der Waals surface area contributed by atoms with Crippen molar-refractivity contribution in [2.24, 2.45) is 4.99 Å². The lowest BCUT2D eigenvalue weighted by Gasteiger charge is -2.14. The van der Waals surface area contributed by atoms with E-state index in [0.717, 1.165) is 49.3 Å². The molecule has 0 aliphatic carbocycles. The first-order valence-electron chi connectivity index (χ1n) is 10.2. The lowest BCUT2D eigenvalue weighted by molar-refractivity contribution is 0.101. The fourth-order valence-electron chi connectivity index (χ4n) is 3.46. The Morgan fingerprint density at radius 1 is 1.14 bits per heavy atom. The Morgan fingerprint density at radius 2 is 1.93 bits per heavy atom. The van der Waals surface area contributed by atoms with Gasteiger partial charge in [0.15, 0.2) is 11.6 Å². The minimum Gasteiger partial charge on any atom is -0.347 e. The summed E-state index contributed by atoms with van der Waals surface area (Å²) in [5.74, 6) is 1.55. The molecule has 1 unspecified atom stereocenters. The van der Waals surface area contributed by atoms with Crippen molar-refractivity contribution in [3.63, 3.8) is 0 Å². The molecule has 28 heavy (non-hydrogen) atoms. The quantitative estimate of drug-likeness (QED) is 0.490. The molecular weight excluding hydrogens is 350 g/mol. The number of aromatic nitrogens is 3. The van der Waals surface area contributed by atoms with E-state index in [4.69, 9.17) is 4.99 Å². The van der Waals surface area contributed by atoms with Crippen LogP contribution in [0.5, 0.6) is 0 Å². The molecule has 0 saturated heterocycles. The normalized spacial score (nSPS) is 16.0. The number of anilines is 1. The fourth-order valence-corrected chi connectivity index (χ4v) is 3.46. The second kappa shape index (κ2) is 9.44. The number of allylic oxidation sites excluding steroid dienone is 1. The third-order valence-electron chi connectivity index (χ3n) is 4.97. The monoisotopic (exact) mass is 379 g/mol. The first kappa shape index (κ1) is 20.0. The molecule has 2 heterocycles. The van der Waals surface area contributed by atoms with E-state index in [1.807, 2.05) is 37.3 Å². The maximum absolute atomic E-state index is 12.4. The zero-order valence-electron chi connectivity index (χ0n) is 17.0. The number of ketones is 1. The molecule has 0 spiro atoms. The molecule has 1 aliphatic rings. The molecule has 1 aromatic carbocycles. The number of unbranched alkanes of at least 4 members (excludes halogenated alkanes) is 2. The fraction of sp³-hybridized carbons (Fsp3) is 0.455. The van der Waals surface area contributed by atoms with Crippen molar-refractivity contribution in [2.45, 2.75) is 59.0 Å². The minimum absolute atomic E-state index is 0.0379. The molecule has 3 rings (SSSR count). The van der Waals surface area contributed by atoms with E-state index in [2.05, 4.69) is 40.0 Å². The van der Waals surface area contributed by atoms with Gasteiger partial charge in [-0.15, -0.1) is 10.2 Å². The van der Waals surface area contributed by atoms with E-state index >= 15 is 0 Å². The summed E-state index contributed by atoms with van der Waals surface area (Å²) in [5.41, 5.74) is 2.84. The molecule has 1 N–H and O–H groups in total. The average Bonchev–Trinajstić information content (AvgIpc) is 3.29. The van der Waals surface area contributed by atoms with Crippen LogP contribution in [0.4, 0.5) is 5.95 Å². The molecule has 0 amide bonds. The molecule has 6 nitrogen and oxygen atoms in total. The van der Waals surface area contributed by atoms with Crippen LogP contribution < -0.4 is 5.32 Å². The van der Waals surface area contributed by atoms with E-state index in [-0.39, 0.29) is 18.4 Å². The van der Waals surface area contributed by atoms with Gasteiger partial charge in [-0.2, -0.15) is 0 Å². The molecule has 2 aromatic rings. The van der Waals surface area contributed by atoms with Crippen molar-refractivity contribution < 1.29 is 4.79 Å². The molecule has 0 radical (unpaired) electrons. The maximum Gasteiger partial charge on any atom is 0.225 e. The number of Topliss-reactive ketones (excluding diaryl/α,β-unsaturated/α-hetero) is 1. The second-order valence-electron chi connectivity index (χ2n) is 7.14. The highest BCUT2D eigenvalue weighted by molar-refractivity contribution is 6.03. The summed E-state index contributed by atoms with van der Waals surface area (Å²) in [6.45, 7) is 7.36. The van der Waals surface area contributed by atoms with Gasteiger partial charge in [0.25, 0.3) is 0 Å². The van der Waals surface area contributed by atoms with Crippen LogP contribution in [-0.4, -0.2) is 38.8 Å². The van der Waals surface area contributed by atoms with Gasteiger partial charge in [0, 0.05) is 23.4 Å². The standard InChI is InChI=1S/C22H29N5O/c1-4-6-10-13-27-21(18-14-16(3)24-19(18)5-2)25-26-22(27)23-15-20(28)17-11-8-7-9-12-17/h7-9,11-12,14,19H,4-6,10,13,15H2,1-3H3,(H,23,26). The van der Waals surface area contributed by atoms with Crippen molar-refractivity contribution >= 4 is 23.0 Å². The Kier molecular flexibility index (Phi) is 6.74. The summed E-state index contributed by atoms with van der Waals surface area (Å²) in [5, 5.41) is 12.0. The van der Waals surface area contributed by atoms with E-state index < -0.39 is 0 Å². The molecule has 1 atom stereocenters. The smallest absolute Gasteiger partial charge is 0.225 e. The summed E-state index contributed by atoms with van der Waals surface area (Å²) in [6, 6.07) is 9.45. The van der Waals surface area contributed by atoms with Crippen LogP contribution in [0.25, 0.3) is 5.57 Å². The number of hydrogen-bond donors (Lipinski definition) is 1. The highest BCUT2D eigenvalue weighted by Crippen LogP contribution is 2.28. The molecule has 0 saturated carbocycles.